The Morgan fingerprint density at radius 3 is 2.49 bits per heavy atom. The summed E-state index contributed by atoms with van der Waals surface area (Å²) in [4.78, 5) is 22.4. The molecule has 0 spiro atoms. The summed E-state index contributed by atoms with van der Waals surface area (Å²) in [6, 6.07) is 9.52. The number of rotatable bonds is 5. The van der Waals surface area contributed by atoms with E-state index in [2.05, 4.69) is 4.90 Å². The molecule has 0 N–H and O–H groups in total. The Labute approximate surface area is 214 Å². The Balaban J connectivity index is 1.27. The number of methoxy groups -OCH3 is 1. The van der Waals surface area contributed by atoms with Crippen LogP contribution < -0.4 is 9.64 Å². The fraction of sp³-hybridized carbons (Fsp3) is 0.417. The highest BCUT2D eigenvalue weighted by Crippen LogP contribution is 2.34. The Kier molecular flexibility index (Phi) is 6.65. The number of fused-ring (bicyclic) bond motifs is 1. The molecular weight excluding hydrogens is 508 g/mol. The van der Waals surface area contributed by atoms with Crippen LogP contribution in [0.2, 0.25) is 5.02 Å². The molecule has 2 saturated heterocycles. The van der Waals surface area contributed by atoms with Crippen molar-refractivity contribution in [2.45, 2.75) is 30.7 Å². The highest BCUT2D eigenvalue weighted by Gasteiger charge is 2.41. The van der Waals surface area contributed by atoms with Gasteiger partial charge < -0.3 is 14.5 Å². The zero-order valence-corrected chi connectivity index (χ0v) is 22.0. The van der Waals surface area contributed by atoms with Crippen molar-refractivity contribution in [1.29, 1.82) is 0 Å². The van der Waals surface area contributed by atoms with Crippen molar-refractivity contribution in [3.05, 3.63) is 47.0 Å². The van der Waals surface area contributed by atoms with Gasteiger partial charge in [0.2, 0.25) is 15.9 Å². The summed E-state index contributed by atoms with van der Waals surface area (Å²) in [6.45, 7) is 4.67. The minimum Gasteiger partial charge on any atom is -0.497 e. The molecule has 0 aliphatic carbocycles. The lowest BCUT2D eigenvalue weighted by atomic mass is 10.2. The molecule has 3 aromatic rings. The van der Waals surface area contributed by atoms with Gasteiger partial charge in [-0.05, 0) is 61.7 Å². The van der Waals surface area contributed by atoms with Gasteiger partial charge in [-0.15, -0.1) is 0 Å². The van der Waals surface area contributed by atoms with E-state index in [9.17, 15) is 13.2 Å². The number of hydrogen-bond acceptors (Lipinski definition) is 7. The third-order valence-corrected chi connectivity index (χ3v) is 10.2. The van der Waals surface area contributed by atoms with Crippen molar-refractivity contribution in [1.82, 2.24) is 14.2 Å². The van der Waals surface area contributed by atoms with Crippen molar-refractivity contribution in [3.8, 4) is 5.75 Å². The highest BCUT2D eigenvalue weighted by molar-refractivity contribution is 7.89. The van der Waals surface area contributed by atoms with Gasteiger partial charge >= 0.3 is 0 Å². The van der Waals surface area contributed by atoms with Gasteiger partial charge in [-0.25, -0.2) is 13.4 Å². The fourth-order valence-corrected chi connectivity index (χ4v) is 7.59. The van der Waals surface area contributed by atoms with Crippen molar-refractivity contribution in [2.75, 3.05) is 44.7 Å². The maximum atomic E-state index is 13.4. The molecule has 35 heavy (non-hydrogen) atoms. The van der Waals surface area contributed by atoms with Crippen molar-refractivity contribution < 1.29 is 17.9 Å². The molecule has 11 heteroatoms. The number of anilines is 1. The van der Waals surface area contributed by atoms with Crippen molar-refractivity contribution in [3.63, 3.8) is 0 Å². The molecule has 2 aliphatic heterocycles. The van der Waals surface area contributed by atoms with Gasteiger partial charge in [0.15, 0.2) is 5.13 Å². The van der Waals surface area contributed by atoms with Crippen LogP contribution in [0.5, 0.6) is 5.75 Å². The van der Waals surface area contributed by atoms with E-state index >= 15 is 0 Å². The molecule has 2 aromatic carbocycles. The van der Waals surface area contributed by atoms with Crippen molar-refractivity contribution >= 4 is 54.2 Å². The SMILES string of the molecule is COc1ccc(S(=O)(=O)N2CCCC2C(=O)N2CCN(c3nc4c(C)c(Cl)ccc4s3)CC2)cc1. The first kappa shape index (κ1) is 24.3. The van der Waals surface area contributed by atoms with E-state index in [-0.39, 0.29) is 10.8 Å². The van der Waals surface area contributed by atoms with Gasteiger partial charge in [-0.3, -0.25) is 4.79 Å². The fourth-order valence-electron chi connectivity index (χ4n) is 4.71. The molecule has 1 amide bonds. The van der Waals surface area contributed by atoms with E-state index in [1.54, 1.807) is 28.4 Å². The summed E-state index contributed by atoms with van der Waals surface area (Å²) >= 11 is 7.87. The van der Waals surface area contributed by atoms with E-state index in [0.717, 1.165) is 20.9 Å². The van der Waals surface area contributed by atoms with Crippen LogP contribution in [0.1, 0.15) is 18.4 Å². The van der Waals surface area contributed by atoms with Crippen LogP contribution in [0.4, 0.5) is 5.13 Å². The first-order chi connectivity index (χ1) is 16.8. The maximum Gasteiger partial charge on any atom is 0.243 e. The Hall–Kier alpha value is -2.40. The number of thiazole rings is 1. The lowest BCUT2D eigenvalue weighted by Crippen LogP contribution is -2.54. The number of carbonyl (C=O) groups is 1. The number of amides is 1. The van der Waals surface area contributed by atoms with Crippen LogP contribution in [-0.2, 0) is 14.8 Å². The number of nitrogens with zero attached hydrogens (tertiary/aromatic N) is 4. The molecule has 5 rings (SSSR count). The topological polar surface area (TPSA) is 83.0 Å². The monoisotopic (exact) mass is 534 g/mol. The molecule has 0 bridgehead atoms. The summed E-state index contributed by atoms with van der Waals surface area (Å²) in [5.41, 5.74) is 1.89. The molecule has 2 aliphatic rings. The number of sulfonamides is 1. The van der Waals surface area contributed by atoms with E-state index in [0.29, 0.717) is 56.3 Å². The quantitative estimate of drug-likeness (QED) is 0.495. The summed E-state index contributed by atoms with van der Waals surface area (Å²) in [5.74, 6) is 0.466. The number of piperazine rings is 1. The van der Waals surface area contributed by atoms with E-state index < -0.39 is 16.1 Å². The minimum atomic E-state index is -3.77. The van der Waals surface area contributed by atoms with Crippen molar-refractivity contribution in [2.24, 2.45) is 0 Å². The predicted octanol–water partition coefficient (Wildman–Crippen LogP) is 3.77. The zero-order valence-electron chi connectivity index (χ0n) is 19.6. The lowest BCUT2D eigenvalue weighted by molar-refractivity contribution is -0.134. The Bertz CT molecular complexity index is 1350. The van der Waals surface area contributed by atoms with Gasteiger partial charge in [-0.2, -0.15) is 4.31 Å². The number of aryl methyl sites for hydroxylation is 1. The molecule has 8 nitrogen and oxygen atoms in total. The third-order valence-electron chi connectivity index (χ3n) is 6.75. The second-order valence-corrected chi connectivity index (χ2v) is 12.1. The average Bonchev–Trinajstić information content (AvgIpc) is 3.55. The largest absolute Gasteiger partial charge is 0.497 e. The van der Waals surface area contributed by atoms with E-state index in [4.69, 9.17) is 21.3 Å². The molecule has 1 atom stereocenters. The molecule has 1 aromatic heterocycles. The molecule has 0 radical (unpaired) electrons. The van der Waals surface area contributed by atoms with Gasteiger partial charge in [0.05, 0.1) is 22.2 Å². The third kappa shape index (κ3) is 4.48. The van der Waals surface area contributed by atoms with Crippen LogP contribution in [0.25, 0.3) is 10.2 Å². The highest BCUT2D eigenvalue weighted by atomic mass is 35.5. The summed E-state index contributed by atoms with van der Waals surface area (Å²) < 4.78 is 34.2. The molecule has 186 valence electrons. The number of carbonyl (C=O) groups excluding carboxylic acids is 1. The van der Waals surface area contributed by atoms with E-state index in [1.807, 2.05) is 19.1 Å². The summed E-state index contributed by atoms with van der Waals surface area (Å²) in [7, 11) is -2.24. The Morgan fingerprint density at radius 1 is 1.09 bits per heavy atom. The summed E-state index contributed by atoms with van der Waals surface area (Å²) in [5, 5.41) is 1.62. The predicted molar refractivity (Wildman–Crippen MR) is 138 cm³/mol. The normalized spacial score (nSPS) is 19.5. The molecule has 2 fully saturated rings. The lowest BCUT2D eigenvalue weighted by Gasteiger charge is -2.37. The number of benzene rings is 2. The number of ether oxygens (including phenoxy) is 1. The standard InChI is InChI=1S/C24H27ClN4O4S2/c1-16-19(25)9-10-21-22(16)26-24(34-21)28-14-12-27(13-15-28)23(30)20-4-3-11-29(20)35(31,32)18-7-5-17(33-2)6-8-18/h5-10,20H,3-4,11-15H2,1-2H3. The van der Waals surface area contributed by atoms with E-state index in [1.165, 1.54) is 23.5 Å². The van der Waals surface area contributed by atoms with Gasteiger partial charge in [0.25, 0.3) is 0 Å². The second kappa shape index (κ2) is 9.57. The first-order valence-electron chi connectivity index (χ1n) is 11.5. The van der Waals surface area contributed by atoms with Crippen LogP contribution in [-0.4, -0.2) is 74.4 Å². The zero-order chi connectivity index (χ0) is 24.7. The average molecular weight is 535 g/mol. The first-order valence-corrected chi connectivity index (χ1v) is 14.2. The molecule has 3 heterocycles. The van der Waals surface area contributed by atoms with Crippen LogP contribution >= 0.6 is 22.9 Å². The maximum absolute atomic E-state index is 13.4. The number of halogens is 1. The van der Waals surface area contributed by atoms with Gasteiger partial charge in [0, 0.05) is 37.7 Å². The summed E-state index contributed by atoms with van der Waals surface area (Å²) in [6.07, 6.45) is 1.20. The van der Waals surface area contributed by atoms with Crippen LogP contribution in [0.3, 0.4) is 0 Å². The van der Waals surface area contributed by atoms with Gasteiger partial charge in [-0.1, -0.05) is 22.9 Å². The molecule has 0 saturated carbocycles. The van der Waals surface area contributed by atoms with Crippen LogP contribution in [0, 0.1) is 6.92 Å². The smallest absolute Gasteiger partial charge is 0.243 e. The second-order valence-electron chi connectivity index (χ2n) is 8.78. The molecule has 1 unspecified atom stereocenters. The van der Waals surface area contributed by atoms with Crippen LogP contribution in [0.15, 0.2) is 41.3 Å². The molecular formula is C24H27ClN4O4S2. The number of hydrogen-bond donors (Lipinski definition) is 0. The number of aromatic nitrogens is 1. The minimum absolute atomic E-state index is 0.119. The van der Waals surface area contributed by atoms with Gasteiger partial charge in [0.1, 0.15) is 11.8 Å². The Morgan fingerprint density at radius 2 is 1.80 bits per heavy atom.